The third-order valence-corrected chi connectivity index (χ3v) is 3.72. The number of imidazole rings is 1. The van der Waals surface area contributed by atoms with Gasteiger partial charge < -0.3 is 15.0 Å². The summed E-state index contributed by atoms with van der Waals surface area (Å²) in [5.74, 6) is 1.87. The number of nitrogens with zero attached hydrogens (tertiary/aromatic N) is 2. The van der Waals surface area contributed by atoms with Gasteiger partial charge in [0.05, 0.1) is 6.54 Å². The summed E-state index contributed by atoms with van der Waals surface area (Å²) in [6.07, 6.45) is 3.76. The molecule has 0 aliphatic heterocycles. The standard InChI is InChI=1S/C17H19N3O/c1-13-19-8-9-20(13)10-11-21-17-7-6-14-4-2-3-5-15(14)16(17)12-18/h2-9H,10-12,18H2,1H3. The van der Waals surface area contributed by atoms with Crippen LogP contribution in [0.25, 0.3) is 10.8 Å². The Hall–Kier alpha value is -2.33. The number of aryl methyl sites for hydroxylation is 1. The first kappa shape index (κ1) is 13.6. The van der Waals surface area contributed by atoms with Gasteiger partial charge in [0, 0.05) is 24.5 Å². The Labute approximate surface area is 124 Å². The van der Waals surface area contributed by atoms with Gasteiger partial charge in [0.2, 0.25) is 0 Å². The number of fused-ring (bicyclic) bond motifs is 1. The third kappa shape index (κ3) is 2.76. The molecule has 0 atom stereocenters. The van der Waals surface area contributed by atoms with Crippen molar-refractivity contribution in [3.05, 3.63) is 60.2 Å². The van der Waals surface area contributed by atoms with Gasteiger partial charge in [0.15, 0.2) is 0 Å². The van der Waals surface area contributed by atoms with Crippen molar-refractivity contribution in [3.63, 3.8) is 0 Å². The van der Waals surface area contributed by atoms with Crippen molar-refractivity contribution >= 4 is 10.8 Å². The topological polar surface area (TPSA) is 53.1 Å². The predicted octanol–water partition coefficient (Wildman–Crippen LogP) is 2.88. The summed E-state index contributed by atoms with van der Waals surface area (Å²) in [5, 5.41) is 2.35. The molecule has 0 radical (unpaired) electrons. The highest BCUT2D eigenvalue weighted by Gasteiger charge is 2.07. The van der Waals surface area contributed by atoms with Gasteiger partial charge in [-0.25, -0.2) is 4.98 Å². The number of nitrogens with two attached hydrogens (primary N) is 1. The summed E-state index contributed by atoms with van der Waals surface area (Å²) in [6.45, 7) is 3.84. The maximum atomic E-state index is 5.94. The van der Waals surface area contributed by atoms with Gasteiger partial charge in [-0.3, -0.25) is 0 Å². The summed E-state index contributed by atoms with van der Waals surface area (Å²) in [5.41, 5.74) is 6.98. The van der Waals surface area contributed by atoms with Crippen LogP contribution in [0.15, 0.2) is 48.8 Å². The Morgan fingerprint density at radius 1 is 1.19 bits per heavy atom. The molecule has 4 nitrogen and oxygen atoms in total. The van der Waals surface area contributed by atoms with Crippen molar-refractivity contribution in [2.24, 2.45) is 5.73 Å². The molecule has 0 saturated heterocycles. The van der Waals surface area contributed by atoms with E-state index in [1.165, 1.54) is 5.39 Å². The lowest BCUT2D eigenvalue weighted by Crippen LogP contribution is -2.10. The van der Waals surface area contributed by atoms with Crippen LogP contribution in [0.5, 0.6) is 5.75 Å². The zero-order chi connectivity index (χ0) is 14.7. The van der Waals surface area contributed by atoms with Crippen molar-refractivity contribution in [2.75, 3.05) is 6.61 Å². The Kier molecular flexibility index (Phi) is 3.88. The van der Waals surface area contributed by atoms with Crippen LogP contribution in [0, 0.1) is 6.92 Å². The molecule has 108 valence electrons. The molecule has 0 fully saturated rings. The Balaban J connectivity index is 1.79. The first-order valence-corrected chi connectivity index (χ1v) is 7.11. The summed E-state index contributed by atoms with van der Waals surface area (Å²) in [6, 6.07) is 12.3. The van der Waals surface area contributed by atoms with E-state index in [1.807, 2.05) is 31.3 Å². The van der Waals surface area contributed by atoms with E-state index in [0.29, 0.717) is 13.2 Å². The molecule has 0 bridgehead atoms. The number of hydrogen-bond acceptors (Lipinski definition) is 3. The molecule has 4 heteroatoms. The smallest absolute Gasteiger partial charge is 0.124 e. The second-order valence-corrected chi connectivity index (χ2v) is 4.98. The van der Waals surface area contributed by atoms with E-state index in [4.69, 9.17) is 10.5 Å². The van der Waals surface area contributed by atoms with E-state index in [9.17, 15) is 0 Å². The average Bonchev–Trinajstić information content (AvgIpc) is 2.92. The molecular weight excluding hydrogens is 262 g/mol. The molecule has 3 aromatic rings. The minimum atomic E-state index is 0.473. The van der Waals surface area contributed by atoms with E-state index in [-0.39, 0.29) is 0 Å². The van der Waals surface area contributed by atoms with E-state index in [0.717, 1.165) is 29.1 Å². The minimum Gasteiger partial charge on any atom is -0.491 e. The van der Waals surface area contributed by atoms with Gasteiger partial charge >= 0.3 is 0 Å². The van der Waals surface area contributed by atoms with Gasteiger partial charge in [-0.2, -0.15) is 0 Å². The molecule has 0 aliphatic rings. The second-order valence-electron chi connectivity index (χ2n) is 4.98. The zero-order valence-electron chi connectivity index (χ0n) is 12.1. The monoisotopic (exact) mass is 281 g/mol. The molecule has 0 aliphatic carbocycles. The molecule has 1 heterocycles. The lowest BCUT2D eigenvalue weighted by Gasteiger charge is -2.13. The number of hydrogen-bond donors (Lipinski definition) is 1. The molecule has 0 spiro atoms. The summed E-state index contributed by atoms with van der Waals surface area (Å²) < 4.78 is 8.01. The quantitative estimate of drug-likeness (QED) is 0.782. The van der Waals surface area contributed by atoms with Crippen molar-refractivity contribution < 1.29 is 4.74 Å². The summed E-state index contributed by atoms with van der Waals surface area (Å²) in [7, 11) is 0. The zero-order valence-corrected chi connectivity index (χ0v) is 12.1. The molecule has 1 aromatic heterocycles. The van der Waals surface area contributed by atoms with Crippen molar-refractivity contribution in [1.29, 1.82) is 0 Å². The van der Waals surface area contributed by atoms with Crippen molar-refractivity contribution in [2.45, 2.75) is 20.0 Å². The summed E-state index contributed by atoms with van der Waals surface area (Å²) >= 11 is 0. The van der Waals surface area contributed by atoms with Gasteiger partial charge in [0.25, 0.3) is 0 Å². The van der Waals surface area contributed by atoms with E-state index in [1.54, 1.807) is 6.20 Å². The van der Waals surface area contributed by atoms with Crippen LogP contribution in [-0.2, 0) is 13.1 Å². The minimum absolute atomic E-state index is 0.473. The summed E-state index contributed by atoms with van der Waals surface area (Å²) in [4.78, 5) is 4.20. The lowest BCUT2D eigenvalue weighted by molar-refractivity contribution is 0.295. The third-order valence-electron chi connectivity index (χ3n) is 3.72. The Morgan fingerprint density at radius 3 is 2.81 bits per heavy atom. The highest BCUT2D eigenvalue weighted by atomic mass is 16.5. The first-order chi connectivity index (χ1) is 10.3. The van der Waals surface area contributed by atoms with E-state index in [2.05, 4.69) is 27.8 Å². The average molecular weight is 281 g/mol. The highest BCUT2D eigenvalue weighted by Crippen LogP contribution is 2.27. The van der Waals surface area contributed by atoms with Gasteiger partial charge in [-0.15, -0.1) is 0 Å². The second kappa shape index (κ2) is 5.97. The fourth-order valence-corrected chi connectivity index (χ4v) is 2.56. The molecular formula is C17H19N3O. The molecule has 21 heavy (non-hydrogen) atoms. The highest BCUT2D eigenvalue weighted by molar-refractivity contribution is 5.87. The first-order valence-electron chi connectivity index (χ1n) is 7.11. The molecule has 0 saturated carbocycles. The molecule has 0 unspecified atom stereocenters. The molecule has 2 N–H and O–H groups in total. The number of benzene rings is 2. The lowest BCUT2D eigenvalue weighted by atomic mass is 10.0. The fourth-order valence-electron chi connectivity index (χ4n) is 2.56. The van der Waals surface area contributed by atoms with Gasteiger partial charge in [-0.05, 0) is 23.8 Å². The predicted molar refractivity (Wildman–Crippen MR) is 84.3 cm³/mol. The van der Waals surface area contributed by atoms with Crippen LogP contribution in [-0.4, -0.2) is 16.2 Å². The van der Waals surface area contributed by atoms with Crippen LogP contribution in [0.3, 0.4) is 0 Å². The number of aromatic nitrogens is 2. The van der Waals surface area contributed by atoms with E-state index >= 15 is 0 Å². The number of ether oxygens (including phenoxy) is 1. The Morgan fingerprint density at radius 2 is 2.05 bits per heavy atom. The maximum Gasteiger partial charge on any atom is 0.124 e. The van der Waals surface area contributed by atoms with Crippen LogP contribution >= 0.6 is 0 Å². The molecule has 3 rings (SSSR count). The van der Waals surface area contributed by atoms with Crippen LogP contribution in [0.2, 0.25) is 0 Å². The maximum absolute atomic E-state index is 5.94. The SMILES string of the molecule is Cc1nccn1CCOc1ccc2ccccc2c1CN. The molecule has 0 amide bonds. The van der Waals surface area contributed by atoms with Crippen LogP contribution < -0.4 is 10.5 Å². The Bertz CT molecular complexity index is 749. The van der Waals surface area contributed by atoms with Crippen LogP contribution in [0.1, 0.15) is 11.4 Å². The van der Waals surface area contributed by atoms with Crippen LogP contribution in [0.4, 0.5) is 0 Å². The largest absolute Gasteiger partial charge is 0.491 e. The normalized spacial score (nSPS) is 11.0. The number of rotatable bonds is 5. The van der Waals surface area contributed by atoms with Gasteiger partial charge in [-0.1, -0.05) is 30.3 Å². The van der Waals surface area contributed by atoms with Gasteiger partial charge in [0.1, 0.15) is 18.2 Å². The fraction of sp³-hybridized carbons (Fsp3) is 0.235. The van der Waals surface area contributed by atoms with Crippen molar-refractivity contribution in [3.8, 4) is 5.75 Å². The van der Waals surface area contributed by atoms with Crippen molar-refractivity contribution in [1.82, 2.24) is 9.55 Å². The molecule has 2 aromatic carbocycles. The van der Waals surface area contributed by atoms with E-state index < -0.39 is 0 Å².